The number of hydrogen-bond acceptors (Lipinski definition) is 5. The van der Waals surface area contributed by atoms with Gasteiger partial charge in [-0.2, -0.15) is 0 Å². The van der Waals surface area contributed by atoms with Crippen LogP contribution in [0.25, 0.3) is 0 Å². The van der Waals surface area contributed by atoms with Crippen molar-refractivity contribution in [2.24, 2.45) is 0 Å². The van der Waals surface area contributed by atoms with Crippen LogP contribution in [0.2, 0.25) is 0 Å². The van der Waals surface area contributed by atoms with Crippen molar-refractivity contribution in [2.45, 2.75) is 23.4 Å². The van der Waals surface area contributed by atoms with E-state index in [1.807, 2.05) is 19.2 Å². The Labute approximate surface area is 101 Å². The van der Waals surface area contributed by atoms with Crippen LogP contribution in [0.4, 0.5) is 0 Å². The molecule has 2 rings (SSSR count). The highest BCUT2D eigenvalue weighted by atomic mass is 32.2. The normalized spacial score (nSPS) is 12.6. The minimum atomic E-state index is -0.103. The number of H-pyrrole nitrogens is 1. The molecule has 1 atom stereocenters. The first kappa shape index (κ1) is 11.3. The van der Waals surface area contributed by atoms with Gasteiger partial charge in [-0.25, -0.2) is 9.97 Å². The lowest BCUT2D eigenvalue weighted by molar-refractivity contribution is 0.881. The maximum absolute atomic E-state index is 11.3. The smallest absolute Gasteiger partial charge is 0.251 e. The zero-order chi connectivity index (χ0) is 11.5. The van der Waals surface area contributed by atoms with E-state index >= 15 is 0 Å². The highest BCUT2D eigenvalue weighted by Crippen LogP contribution is 2.33. The van der Waals surface area contributed by atoms with Gasteiger partial charge in [-0.15, -0.1) is 11.3 Å². The second kappa shape index (κ2) is 4.80. The number of aryl methyl sites for hydroxylation is 1. The largest absolute Gasteiger partial charge is 0.310 e. The monoisotopic (exact) mass is 253 g/mol. The summed E-state index contributed by atoms with van der Waals surface area (Å²) in [5.74, 6) is 0.699. The van der Waals surface area contributed by atoms with Gasteiger partial charge in [-0.1, -0.05) is 11.8 Å². The first-order valence-corrected chi connectivity index (χ1v) is 6.55. The molecule has 0 aliphatic carbocycles. The van der Waals surface area contributed by atoms with Crippen molar-refractivity contribution in [1.82, 2.24) is 15.0 Å². The van der Waals surface area contributed by atoms with Crippen LogP contribution in [0.1, 0.15) is 23.7 Å². The van der Waals surface area contributed by atoms with Crippen LogP contribution >= 0.6 is 23.1 Å². The fourth-order valence-corrected chi connectivity index (χ4v) is 3.10. The van der Waals surface area contributed by atoms with Gasteiger partial charge >= 0.3 is 0 Å². The molecule has 4 nitrogen and oxygen atoms in total. The molecule has 0 amide bonds. The van der Waals surface area contributed by atoms with E-state index in [-0.39, 0.29) is 10.8 Å². The molecule has 84 valence electrons. The van der Waals surface area contributed by atoms with Crippen LogP contribution in [0.3, 0.4) is 0 Å². The lowest BCUT2D eigenvalue weighted by Crippen LogP contribution is -2.12. The number of thioether (sulfide) groups is 1. The predicted molar refractivity (Wildman–Crippen MR) is 66.0 cm³/mol. The molecule has 2 aromatic rings. The van der Waals surface area contributed by atoms with Gasteiger partial charge in [0, 0.05) is 23.3 Å². The van der Waals surface area contributed by atoms with E-state index in [9.17, 15) is 4.79 Å². The Kier molecular flexibility index (Phi) is 3.40. The maximum atomic E-state index is 11.3. The summed E-state index contributed by atoms with van der Waals surface area (Å²) in [4.78, 5) is 22.6. The Morgan fingerprint density at radius 1 is 1.56 bits per heavy atom. The lowest BCUT2D eigenvalue weighted by Gasteiger charge is -2.08. The number of thiazole rings is 1. The van der Waals surface area contributed by atoms with Crippen molar-refractivity contribution in [1.29, 1.82) is 0 Å². The standard InChI is InChI=1S/C10H11N3OS2/c1-6-5-8(14)13-9(12-6)7(2)16-10-11-3-4-15-10/h3-5,7H,1-2H3,(H,12,13,14)/t7-/m1/s1. The van der Waals surface area contributed by atoms with E-state index in [0.29, 0.717) is 5.82 Å². The van der Waals surface area contributed by atoms with Gasteiger partial charge in [-0.05, 0) is 13.8 Å². The van der Waals surface area contributed by atoms with Crippen molar-refractivity contribution < 1.29 is 0 Å². The molecule has 0 aliphatic rings. The van der Waals surface area contributed by atoms with Crippen molar-refractivity contribution in [2.75, 3.05) is 0 Å². The molecule has 0 unspecified atom stereocenters. The molecular formula is C10H11N3OS2. The average molecular weight is 253 g/mol. The number of aromatic nitrogens is 3. The second-order valence-electron chi connectivity index (χ2n) is 3.33. The third-order valence-corrected chi connectivity index (χ3v) is 3.99. The summed E-state index contributed by atoms with van der Waals surface area (Å²) < 4.78 is 0.983. The second-order valence-corrected chi connectivity index (χ2v) is 5.81. The van der Waals surface area contributed by atoms with Crippen molar-refractivity contribution >= 4 is 23.1 Å². The van der Waals surface area contributed by atoms with Gasteiger partial charge in [0.1, 0.15) is 10.2 Å². The molecule has 0 aliphatic heterocycles. The zero-order valence-corrected chi connectivity index (χ0v) is 10.6. The third kappa shape index (κ3) is 2.70. The summed E-state index contributed by atoms with van der Waals surface area (Å²) in [6.07, 6.45) is 1.77. The molecular weight excluding hydrogens is 242 g/mol. The molecule has 1 N–H and O–H groups in total. The van der Waals surface area contributed by atoms with Crippen LogP contribution in [0.5, 0.6) is 0 Å². The van der Waals surface area contributed by atoms with Crippen LogP contribution in [0.15, 0.2) is 26.8 Å². The molecule has 2 aromatic heterocycles. The Bertz CT molecular complexity index is 521. The summed E-state index contributed by atoms with van der Waals surface area (Å²) in [5.41, 5.74) is 0.638. The van der Waals surface area contributed by atoms with Crippen molar-refractivity contribution in [3.05, 3.63) is 39.5 Å². The van der Waals surface area contributed by atoms with E-state index in [0.717, 1.165) is 10.0 Å². The molecule has 0 saturated carbocycles. The first-order valence-electron chi connectivity index (χ1n) is 4.79. The Morgan fingerprint density at radius 2 is 2.38 bits per heavy atom. The van der Waals surface area contributed by atoms with E-state index in [1.165, 1.54) is 6.07 Å². The Morgan fingerprint density at radius 3 is 3.00 bits per heavy atom. The van der Waals surface area contributed by atoms with Gasteiger partial charge in [0.2, 0.25) is 0 Å². The van der Waals surface area contributed by atoms with E-state index in [4.69, 9.17) is 0 Å². The number of nitrogens with one attached hydrogen (secondary N) is 1. The van der Waals surface area contributed by atoms with E-state index in [2.05, 4.69) is 15.0 Å². The summed E-state index contributed by atoms with van der Waals surface area (Å²) >= 11 is 3.18. The van der Waals surface area contributed by atoms with Gasteiger partial charge in [-0.3, -0.25) is 4.79 Å². The quantitative estimate of drug-likeness (QED) is 0.853. The van der Waals surface area contributed by atoms with E-state index in [1.54, 1.807) is 29.3 Å². The lowest BCUT2D eigenvalue weighted by atomic mass is 10.4. The minimum absolute atomic E-state index is 0.0961. The van der Waals surface area contributed by atoms with Crippen LogP contribution in [-0.2, 0) is 0 Å². The Hall–Kier alpha value is -1.14. The van der Waals surface area contributed by atoms with Crippen LogP contribution in [-0.4, -0.2) is 15.0 Å². The van der Waals surface area contributed by atoms with Gasteiger partial charge < -0.3 is 4.98 Å². The van der Waals surface area contributed by atoms with Crippen LogP contribution < -0.4 is 5.56 Å². The number of hydrogen-bond donors (Lipinski definition) is 1. The van der Waals surface area contributed by atoms with E-state index < -0.39 is 0 Å². The molecule has 0 radical (unpaired) electrons. The SMILES string of the molecule is Cc1cc(=O)[nH]c([C@@H](C)Sc2nccs2)n1. The predicted octanol–water partition coefficient (Wildman–Crippen LogP) is 2.39. The molecule has 0 aromatic carbocycles. The molecule has 0 saturated heterocycles. The maximum Gasteiger partial charge on any atom is 0.251 e. The number of rotatable bonds is 3. The summed E-state index contributed by atoms with van der Waals surface area (Å²) in [6, 6.07) is 1.49. The molecule has 0 bridgehead atoms. The molecule has 0 fully saturated rings. The molecule has 2 heterocycles. The molecule has 16 heavy (non-hydrogen) atoms. The minimum Gasteiger partial charge on any atom is -0.310 e. The van der Waals surface area contributed by atoms with Gasteiger partial charge in [0.15, 0.2) is 0 Å². The summed E-state index contributed by atoms with van der Waals surface area (Å²) in [5, 5.41) is 2.03. The molecule has 0 spiro atoms. The molecule has 6 heteroatoms. The third-order valence-electron chi connectivity index (χ3n) is 1.96. The zero-order valence-electron chi connectivity index (χ0n) is 8.93. The number of nitrogens with zero attached hydrogens (tertiary/aromatic N) is 2. The Balaban J connectivity index is 2.20. The summed E-state index contributed by atoms with van der Waals surface area (Å²) in [6.45, 7) is 3.82. The fourth-order valence-electron chi connectivity index (χ4n) is 1.27. The van der Waals surface area contributed by atoms with Crippen molar-refractivity contribution in [3.63, 3.8) is 0 Å². The highest BCUT2D eigenvalue weighted by molar-refractivity contribution is 8.01. The van der Waals surface area contributed by atoms with Crippen molar-refractivity contribution in [3.8, 4) is 0 Å². The fraction of sp³-hybridized carbons (Fsp3) is 0.300. The summed E-state index contributed by atoms with van der Waals surface area (Å²) in [7, 11) is 0. The van der Waals surface area contributed by atoms with Gasteiger partial charge in [0.05, 0.1) is 5.25 Å². The highest BCUT2D eigenvalue weighted by Gasteiger charge is 2.11. The first-order chi connectivity index (χ1) is 7.65. The topological polar surface area (TPSA) is 58.6 Å². The average Bonchev–Trinajstić information content (AvgIpc) is 2.68. The number of aromatic amines is 1. The van der Waals surface area contributed by atoms with Crippen LogP contribution in [0, 0.1) is 6.92 Å². The van der Waals surface area contributed by atoms with Gasteiger partial charge in [0.25, 0.3) is 5.56 Å².